The lowest BCUT2D eigenvalue weighted by Gasteiger charge is -2.34. The Bertz CT molecular complexity index is 1030. The number of rotatable bonds is 4. The molecule has 3 aromatic rings. The van der Waals surface area contributed by atoms with Crippen LogP contribution in [0, 0.1) is 0 Å². The summed E-state index contributed by atoms with van der Waals surface area (Å²) in [5, 5.41) is 14.4. The molecule has 0 bridgehead atoms. The quantitative estimate of drug-likeness (QED) is 0.734. The predicted molar refractivity (Wildman–Crippen MR) is 108 cm³/mol. The molecule has 4 rings (SSSR count). The van der Waals surface area contributed by atoms with Crippen molar-refractivity contribution in [3.8, 4) is 0 Å². The molecule has 5 heteroatoms. The first-order valence-electron chi connectivity index (χ1n) is 9.07. The second-order valence-electron chi connectivity index (χ2n) is 6.89. The second-order valence-corrected chi connectivity index (χ2v) is 6.89. The lowest BCUT2D eigenvalue weighted by Crippen LogP contribution is -2.45. The third-order valence-electron chi connectivity index (χ3n) is 4.90. The Morgan fingerprint density at radius 2 is 1.61 bits per heavy atom. The number of benzene rings is 3. The number of hydrogen-bond acceptors (Lipinski definition) is 3. The molecule has 0 radical (unpaired) electrons. The van der Waals surface area contributed by atoms with E-state index in [9.17, 15) is 14.7 Å². The van der Waals surface area contributed by atoms with Crippen LogP contribution in [0.5, 0.6) is 0 Å². The van der Waals surface area contributed by atoms with Gasteiger partial charge in [0.05, 0.1) is 0 Å². The molecule has 1 heterocycles. The summed E-state index contributed by atoms with van der Waals surface area (Å²) < 4.78 is 0. The van der Waals surface area contributed by atoms with E-state index in [1.54, 1.807) is 42.5 Å². The summed E-state index contributed by atoms with van der Waals surface area (Å²) in [5.74, 6) is -0.417. The predicted octanol–water partition coefficient (Wildman–Crippen LogP) is 3.69. The Kier molecular flexibility index (Phi) is 4.45. The zero-order chi connectivity index (χ0) is 19.7. The molecule has 1 atom stereocenters. The van der Waals surface area contributed by atoms with Crippen LogP contribution in [0.4, 0.5) is 11.4 Å². The van der Waals surface area contributed by atoms with Crippen molar-refractivity contribution < 1.29 is 14.7 Å². The Hall–Kier alpha value is -3.44. The van der Waals surface area contributed by atoms with Crippen LogP contribution < -0.4 is 10.2 Å². The fraction of sp³-hybridized carbons (Fsp3) is 0.130. The van der Waals surface area contributed by atoms with Gasteiger partial charge in [-0.2, -0.15) is 0 Å². The van der Waals surface area contributed by atoms with Gasteiger partial charge >= 0.3 is 0 Å². The summed E-state index contributed by atoms with van der Waals surface area (Å²) in [6, 6.07) is 23.6. The minimum absolute atomic E-state index is 0.169. The van der Waals surface area contributed by atoms with Gasteiger partial charge < -0.3 is 10.4 Å². The fourth-order valence-corrected chi connectivity index (χ4v) is 3.71. The van der Waals surface area contributed by atoms with Gasteiger partial charge in [-0.1, -0.05) is 48.5 Å². The first-order valence-corrected chi connectivity index (χ1v) is 9.07. The van der Waals surface area contributed by atoms with E-state index in [1.165, 1.54) is 11.8 Å². The number of hydrogen-bond donors (Lipinski definition) is 2. The van der Waals surface area contributed by atoms with Crippen LogP contribution in [-0.2, 0) is 16.9 Å². The molecule has 28 heavy (non-hydrogen) atoms. The highest BCUT2D eigenvalue weighted by Crippen LogP contribution is 2.42. The highest BCUT2D eigenvalue weighted by molar-refractivity contribution is 6.11. The summed E-state index contributed by atoms with van der Waals surface area (Å²) in [6.45, 7) is 1.44. The van der Waals surface area contributed by atoms with Crippen molar-refractivity contribution in [1.29, 1.82) is 0 Å². The largest absolute Gasteiger partial charge is 0.366 e. The Morgan fingerprint density at radius 3 is 2.29 bits per heavy atom. The number of fused-ring (bicyclic) bond motifs is 1. The number of nitrogens with one attached hydrogen (secondary N) is 1. The smallest absolute Gasteiger partial charge is 0.261 e. The molecule has 1 aliphatic rings. The third kappa shape index (κ3) is 3.06. The van der Waals surface area contributed by atoms with Crippen molar-refractivity contribution in [2.75, 3.05) is 10.2 Å². The van der Waals surface area contributed by atoms with E-state index < -0.39 is 5.72 Å². The molecule has 0 saturated carbocycles. The summed E-state index contributed by atoms with van der Waals surface area (Å²) in [5.41, 5.74) is 1.71. The van der Waals surface area contributed by atoms with Crippen molar-refractivity contribution in [2.45, 2.75) is 19.1 Å². The molecule has 3 aromatic carbocycles. The molecule has 0 spiro atoms. The van der Waals surface area contributed by atoms with Crippen molar-refractivity contribution in [2.24, 2.45) is 0 Å². The van der Waals surface area contributed by atoms with Crippen LogP contribution >= 0.6 is 0 Å². The maximum absolute atomic E-state index is 13.2. The van der Waals surface area contributed by atoms with Gasteiger partial charge in [0.15, 0.2) is 5.72 Å². The zero-order valence-corrected chi connectivity index (χ0v) is 15.4. The first-order chi connectivity index (χ1) is 13.5. The maximum atomic E-state index is 13.2. The number of carbonyl (C=O) groups is 2. The lowest BCUT2D eigenvalue weighted by atomic mass is 9.94. The minimum atomic E-state index is -1.50. The SMILES string of the molecule is CC(=O)Nc1ccc(N2C(=O)c3ccccc3C2(O)Cc2ccccc2)cc1. The fourth-order valence-electron chi connectivity index (χ4n) is 3.71. The molecule has 2 amide bonds. The molecule has 0 fully saturated rings. The molecule has 1 aliphatic heterocycles. The Morgan fingerprint density at radius 1 is 0.964 bits per heavy atom. The normalized spacial score (nSPS) is 18.1. The molecule has 0 aliphatic carbocycles. The van der Waals surface area contributed by atoms with Crippen LogP contribution in [0.15, 0.2) is 78.9 Å². The maximum Gasteiger partial charge on any atom is 0.261 e. The average molecular weight is 372 g/mol. The molecule has 140 valence electrons. The number of aliphatic hydroxyl groups is 1. The van der Waals surface area contributed by atoms with Gasteiger partial charge in [-0.3, -0.25) is 14.5 Å². The van der Waals surface area contributed by atoms with Crippen molar-refractivity contribution in [3.05, 3.63) is 95.6 Å². The summed E-state index contributed by atoms with van der Waals surface area (Å²) in [7, 11) is 0. The topological polar surface area (TPSA) is 69.6 Å². The lowest BCUT2D eigenvalue weighted by molar-refractivity contribution is -0.114. The Labute approximate surface area is 163 Å². The second kappa shape index (κ2) is 6.94. The van der Waals surface area contributed by atoms with Crippen molar-refractivity contribution in [3.63, 3.8) is 0 Å². The number of carbonyl (C=O) groups excluding carboxylic acids is 2. The van der Waals surface area contributed by atoms with Gasteiger partial charge in [0.25, 0.3) is 5.91 Å². The first kappa shape index (κ1) is 17.9. The van der Waals surface area contributed by atoms with E-state index in [0.717, 1.165) is 5.56 Å². The highest BCUT2D eigenvalue weighted by Gasteiger charge is 2.49. The van der Waals surface area contributed by atoms with E-state index in [0.29, 0.717) is 22.5 Å². The van der Waals surface area contributed by atoms with Crippen LogP contribution in [0.3, 0.4) is 0 Å². The van der Waals surface area contributed by atoms with E-state index in [1.807, 2.05) is 36.4 Å². The van der Waals surface area contributed by atoms with Gasteiger partial charge in [0.2, 0.25) is 5.91 Å². The third-order valence-corrected chi connectivity index (χ3v) is 4.90. The van der Waals surface area contributed by atoms with E-state index >= 15 is 0 Å². The van der Waals surface area contributed by atoms with Gasteiger partial charge in [-0.05, 0) is 35.9 Å². The monoisotopic (exact) mass is 372 g/mol. The van der Waals surface area contributed by atoms with E-state index in [4.69, 9.17) is 0 Å². The van der Waals surface area contributed by atoms with Crippen LogP contribution in [-0.4, -0.2) is 16.9 Å². The van der Waals surface area contributed by atoms with Crippen molar-refractivity contribution >= 4 is 23.2 Å². The van der Waals surface area contributed by atoms with Gasteiger partial charge in [-0.25, -0.2) is 0 Å². The zero-order valence-electron chi connectivity index (χ0n) is 15.4. The summed E-state index contributed by atoms with van der Waals surface area (Å²) in [4.78, 5) is 25.8. The molecule has 2 N–H and O–H groups in total. The Balaban J connectivity index is 1.78. The van der Waals surface area contributed by atoms with Crippen LogP contribution in [0.25, 0.3) is 0 Å². The minimum Gasteiger partial charge on any atom is -0.366 e. The van der Waals surface area contributed by atoms with Gasteiger partial charge in [0, 0.05) is 35.8 Å². The summed E-state index contributed by atoms with van der Waals surface area (Å²) >= 11 is 0. The number of nitrogens with zero attached hydrogens (tertiary/aromatic N) is 1. The van der Waals surface area contributed by atoms with E-state index in [2.05, 4.69) is 5.32 Å². The average Bonchev–Trinajstić information content (AvgIpc) is 2.90. The standard InChI is InChI=1S/C23H20N2O3/c1-16(26)24-18-11-13-19(14-12-18)25-22(27)20-9-5-6-10-21(20)23(25,28)15-17-7-3-2-4-8-17/h2-14,28H,15H2,1H3,(H,24,26). The molecule has 0 aromatic heterocycles. The highest BCUT2D eigenvalue weighted by atomic mass is 16.3. The van der Waals surface area contributed by atoms with E-state index in [-0.39, 0.29) is 18.2 Å². The van der Waals surface area contributed by atoms with Crippen LogP contribution in [0.2, 0.25) is 0 Å². The molecule has 1 unspecified atom stereocenters. The van der Waals surface area contributed by atoms with Gasteiger partial charge in [-0.15, -0.1) is 0 Å². The van der Waals surface area contributed by atoms with Crippen LogP contribution in [0.1, 0.15) is 28.4 Å². The summed E-state index contributed by atoms with van der Waals surface area (Å²) in [6.07, 6.45) is 0.268. The molecular formula is C23H20N2O3. The van der Waals surface area contributed by atoms with Crippen molar-refractivity contribution in [1.82, 2.24) is 0 Å². The molecule has 5 nitrogen and oxygen atoms in total. The molecular weight excluding hydrogens is 352 g/mol. The number of amides is 2. The molecule has 0 saturated heterocycles. The van der Waals surface area contributed by atoms with Gasteiger partial charge in [0.1, 0.15) is 0 Å². The number of anilines is 2.